The molecule has 0 aliphatic carbocycles. The molecule has 122 valence electrons. The van der Waals surface area contributed by atoms with Crippen molar-refractivity contribution in [3.05, 3.63) is 6.33 Å². The summed E-state index contributed by atoms with van der Waals surface area (Å²) in [6, 6.07) is 0. The van der Waals surface area contributed by atoms with Gasteiger partial charge in [-0.1, -0.05) is 5.92 Å². The fourth-order valence-corrected chi connectivity index (χ4v) is 2.73. The summed E-state index contributed by atoms with van der Waals surface area (Å²) in [5, 5.41) is 19.5. The van der Waals surface area contributed by atoms with Crippen molar-refractivity contribution >= 4 is 22.9 Å². The highest BCUT2D eigenvalue weighted by Gasteiger charge is 2.44. The first-order valence-electron chi connectivity index (χ1n) is 7.05. The molecule has 0 aromatic carbocycles. The van der Waals surface area contributed by atoms with E-state index >= 15 is 0 Å². The number of hydrogen-bond donors (Lipinski definition) is 3. The first kappa shape index (κ1) is 15.5. The number of nitrogen functional groups attached to an aromatic ring is 1. The van der Waals surface area contributed by atoms with Crippen molar-refractivity contribution in [1.29, 1.82) is 0 Å². The number of aliphatic hydroxyl groups excluding tert-OH is 2. The minimum absolute atomic E-state index is 0.0949. The van der Waals surface area contributed by atoms with Crippen molar-refractivity contribution in [1.82, 2.24) is 19.5 Å². The molecule has 0 radical (unpaired) electrons. The highest BCUT2D eigenvalue weighted by atomic mass is 16.5. The van der Waals surface area contributed by atoms with Crippen molar-refractivity contribution in [2.75, 3.05) is 31.3 Å². The Morgan fingerprint density at radius 2 is 2.22 bits per heavy atom. The Kier molecular flexibility index (Phi) is 3.81. The maximum Gasteiger partial charge on any atom is 0.224 e. The zero-order chi connectivity index (χ0) is 16.7. The molecule has 1 saturated heterocycles. The quantitative estimate of drug-likeness (QED) is 0.614. The summed E-state index contributed by atoms with van der Waals surface area (Å²) < 4.78 is 7.30. The Hall–Kier alpha value is -2.41. The van der Waals surface area contributed by atoms with E-state index in [4.69, 9.17) is 16.9 Å². The van der Waals surface area contributed by atoms with Gasteiger partial charge in [-0.2, -0.15) is 9.97 Å². The Morgan fingerprint density at radius 3 is 2.83 bits per heavy atom. The Labute approximate surface area is 132 Å². The lowest BCUT2D eigenvalue weighted by Gasteiger charge is -2.17. The molecule has 0 bridgehead atoms. The number of terminal acetylenes is 1. The van der Waals surface area contributed by atoms with E-state index in [1.807, 2.05) is 14.1 Å². The van der Waals surface area contributed by atoms with E-state index in [1.165, 1.54) is 6.33 Å². The van der Waals surface area contributed by atoms with Gasteiger partial charge in [0.1, 0.15) is 12.2 Å². The molecule has 0 spiro atoms. The summed E-state index contributed by atoms with van der Waals surface area (Å²) >= 11 is 0. The molecule has 9 heteroatoms. The molecule has 3 unspecified atom stereocenters. The van der Waals surface area contributed by atoms with Crippen molar-refractivity contribution < 1.29 is 14.9 Å². The fourth-order valence-electron chi connectivity index (χ4n) is 2.73. The molecule has 3 rings (SSSR count). The lowest BCUT2D eigenvalue weighted by molar-refractivity contribution is -0.0441. The molecule has 0 amide bonds. The second-order valence-electron chi connectivity index (χ2n) is 5.55. The number of rotatable bonds is 3. The van der Waals surface area contributed by atoms with Crippen LogP contribution in [0.1, 0.15) is 6.23 Å². The van der Waals surface area contributed by atoms with Gasteiger partial charge in [0.05, 0.1) is 18.9 Å². The van der Waals surface area contributed by atoms with Gasteiger partial charge in [-0.3, -0.25) is 4.57 Å². The molecule has 0 saturated carbocycles. The standard InChI is InChI=1S/C14H18N6O3/c1-4-7-10(22)8(5-21)23-13(7)20-6-16-9-11(19(2)3)17-14(15)18-12(9)20/h1,6-8,10,13,21-22H,5H2,2-3H3,(H2,15,17,18)/t7?,8?,10-,13?/m0/s1. The Bertz CT molecular complexity index is 768. The van der Waals surface area contributed by atoms with Gasteiger partial charge in [-0.25, -0.2) is 4.98 Å². The molecule has 1 aliphatic rings. The summed E-state index contributed by atoms with van der Waals surface area (Å²) in [6.07, 6.45) is 4.62. The number of aliphatic hydroxyl groups is 2. The number of anilines is 2. The van der Waals surface area contributed by atoms with Crippen LogP contribution in [0.3, 0.4) is 0 Å². The summed E-state index contributed by atoms with van der Waals surface area (Å²) in [7, 11) is 3.64. The normalized spacial score (nSPS) is 27.3. The number of nitrogens with zero attached hydrogens (tertiary/aromatic N) is 5. The van der Waals surface area contributed by atoms with Gasteiger partial charge in [0, 0.05) is 14.1 Å². The van der Waals surface area contributed by atoms with E-state index in [0.29, 0.717) is 17.0 Å². The van der Waals surface area contributed by atoms with Crippen LogP contribution in [-0.2, 0) is 4.74 Å². The zero-order valence-corrected chi connectivity index (χ0v) is 12.8. The monoisotopic (exact) mass is 318 g/mol. The van der Waals surface area contributed by atoms with Crippen molar-refractivity contribution in [3.8, 4) is 12.3 Å². The van der Waals surface area contributed by atoms with E-state index < -0.39 is 24.4 Å². The lowest BCUT2D eigenvalue weighted by atomic mass is 10.0. The van der Waals surface area contributed by atoms with Gasteiger partial charge in [0.2, 0.25) is 5.95 Å². The van der Waals surface area contributed by atoms with Crippen LogP contribution in [0.15, 0.2) is 6.33 Å². The van der Waals surface area contributed by atoms with Gasteiger partial charge in [-0.05, 0) is 0 Å². The van der Waals surface area contributed by atoms with E-state index in [0.717, 1.165) is 0 Å². The molecule has 9 nitrogen and oxygen atoms in total. The van der Waals surface area contributed by atoms with Gasteiger partial charge in [0.25, 0.3) is 0 Å². The van der Waals surface area contributed by atoms with Crippen LogP contribution in [0.2, 0.25) is 0 Å². The van der Waals surface area contributed by atoms with Crippen molar-refractivity contribution in [3.63, 3.8) is 0 Å². The third-order valence-corrected chi connectivity index (χ3v) is 3.86. The highest BCUT2D eigenvalue weighted by molar-refractivity contribution is 5.84. The number of hydrogen-bond acceptors (Lipinski definition) is 8. The van der Waals surface area contributed by atoms with E-state index in [2.05, 4.69) is 20.9 Å². The number of imidazole rings is 1. The molecule has 3 heterocycles. The second-order valence-corrected chi connectivity index (χ2v) is 5.55. The van der Waals surface area contributed by atoms with Gasteiger partial charge >= 0.3 is 0 Å². The maximum absolute atomic E-state index is 10.2. The fraction of sp³-hybridized carbons (Fsp3) is 0.500. The minimum Gasteiger partial charge on any atom is -0.394 e. The van der Waals surface area contributed by atoms with Crippen LogP contribution in [0.25, 0.3) is 11.2 Å². The minimum atomic E-state index is -0.972. The number of fused-ring (bicyclic) bond motifs is 1. The van der Waals surface area contributed by atoms with E-state index in [1.54, 1.807) is 9.47 Å². The van der Waals surface area contributed by atoms with Crippen molar-refractivity contribution in [2.45, 2.75) is 18.4 Å². The van der Waals surface area contributed by atoms with Crippen LogP contribution >= 0.6 is 0 Å². The van der Waals surface area contributed by atoms with Gasteiger partial charge < -0.3 is 25.6 Å². The van der Waals surface area contributed by atoms with E-state index in [-0.39, 0.29) is 12.6 Å². The number of ether oxygens (including phenoxy) is 1. The average Bonchev–Trinajstić information content (AvgIpc) is 3.06. The van der Waals surface area contributed by atoms with Crippen LogP contribution in [-0.4, -0.2) is 62.6 Å². The molecule has 1 aliphatic heterocycles. The molecule has 2 aromatic heterocycles. The van der Waals surface area contributed by atoms with Gasteiger partial charge in [-0.15, -0.1) is 6.42 Å². The lowest BCUT2D eigenvalue weighted by Crippen LogP contribution is -2.28. The summed E-state index contributed by atoms with van der Waals surface area (Å²) in [6.45, 7) is -0.331. The highest BCUT2D eigenvalue weighted by Crippen LogP contribution is 2.36. The van der Waals surface area contributed by atoms with Crippen LogP contribution < -0.4 is 10.6 Å². The molecule has 2 aromatic rings. The first-order valence-corrected chi connectivity index (χ1v) is 7.05. The average molecular weight is 318 g/mol. The Morgan fingerprint density at radius 1 is 1.48 bits per heavy atom. The number of aromatic nitrogens is 4. The number of nitrogens with two attached hydrogens (primary N) is 1. The SMILES string of the molecule is C#CC1C(n2cnc3c(N(C)C)nc(N)nc32)OC(CO)[C@H]1O. The molecule has 1 fully saturated rings. The second kappa shape index (κ2) is 5.66. The zero-order valence-electron chi connectivity index (χ0n) is 12.8. The van der Waals surface area contributed by atoms with Crippen LogP contribution in [0.4, 0.5) is 11.8 Å². The van der Waals surface area contributed by atoms with Crippen molar-refractivity contribution in [2.24, 2.45) is 5.92 Å². The molecule has 4 atom stereocenters. The third-order valence-electron chi connectivity index (χ3n) is 3.86. The predicted octanol–water partition coefficient (Wildman–Crippen LogP) is -1.03. The topological polar surface area (TPSA) is 123 Å². The summed E-state index contributed by atoms with van der Waals surface area (Å²) in [5.41, 5.74) is 6.78. The first-order chi connectivity index (χ1) is 11.0. The molecular weight excluding hydrogens is 300 g/mol. The third kappa shape index (κ3) is 2.37. The summed E-state index contributed by atoms with van der Waals surface area (Å²) in [4.78, 5) is 14.5. The Balaban J connectivity index is 2.12. The smallest absolute Gasteiger partial charge is 0.224 e. The van der Waals surface area contributed by atoms with E-state index in [9.17, 15) is 10.2 Å². The molecular formula is C14H18N6O3. The molecule has 4 N–H and O–H groups in total. The van der Waals surface area contributed by atoms with Crippen LogP contribution in [0, 0.1) is 18.3 Å². The predicted molar refractivity (Wildman–Crippen MR) is 83.4 cm³/mol. The van der Waals surface area contributed by atoms with Gasteiger partial charge in [0.15, 0.2) is 23.2 Å². The molecule has 23 heavy (non-hydrogen) atoms. The van der Waals surface area contributed by atoms with Crippen LogP contribution in [0.5, 0.6) is 0 Å². The largest absolute Gasteiger partial charge is 0.394 e. The maximum atomic E-state index is 10.2. The summed E-state index contributed by atoms with van der Waals surface area (Å²) in [5.74, 6) is 2.54.